The number of hydrogen-bond acceptors (Lipinski definition) is 6. The van der Waals surface area contributed by atoms with Crippen LogP contribution in [-0.4, -0.2) is 12.2 Å². The molecular weight excluding hydrogens is 216 g/mol. The minimum atomic E-state index is -0.798. The number of amides is 2. The molecule has 0 bridgehead atoms. The fraction of sp³-hybridized carbons (Fsp3) is 0. The summed E-state index contributed by atoms with van der Waals surface area (Å²) in [5, 5.41) is 0. The van der Waals surface area contributed by atoms with Crippen molar-refractivity contribution >= 4 is 12.2 Å². The van der Waals surface area contributed by atoms with Gasteiger partial charge in [-0.15, -0.1) is 0 Å². The molecule has 0 aromatic heterocycles. The number of nitrogens with two attached hydrogens (primary N) is 2. The van der Waals surface area contributed by atoms with E-state index in [1.165, 1.54) is 24.3 Å². The average Bonchev–Trinajstić information content (AvgIpc) is 2.31. The second-order valence-corrected chi connectivity index (χ2v) is 2.54. The highest BCUT2D eigenvalue weighted by Crippen LogP contribution is 2.17. The van der Waals surface area contributed by atoms with Gasteiger partial charge in [0.05, 0.1) is 0 Å². The second-order valence-electron chi connectivity index (χ2n) is 2.54. The topological polar surface area (TPSA) is 129 Å². The van der Waals surface area contributed by atoms with Crippen LogP contribution in [0.3, 0.4) is 0 Å². The molecule has 0 aliphatic carbocycles. The second kappa shape index (κ2) is 5.53. The number of benzene rings is 1. The minimum Gasteiger partial charge on any atom is -0.409 e. The maximum atomic E-state index is 10.7. The lowest BCUT2D eigenvalue weighted by atomic mass is 10.3. The van der Waals surface area contributed by atoms with E-state index in [2.05, 4.69) is 0 Å². The molecule has 0 radical (unpaired) electrons. The Morgan fingerprint density at radius 2 is 1.19 bits per heavy atom. The molecule has 0 spiro atoms. The zero-order valence-corrected chi connectivity index (χ0v) is 8.10. The number of ether oxygens (including phenoxy) is 2. The number of hydrazine groups is 2. The van der Waals surface area contributed by atoms with Crippen LogP contribution in [0.2, 0.25) is 0 Å². The lowest BCUT2D eigenvalue weighted by Crippen LogP contribution is -2.33. The predicted molar refractivity (Wildman–Crippen MR) is 53.1 cm³/mol. The smallest absolute Gasteiger partial charge is 0.409 e. The predicted octanol–water partition coefficient (Wildman–Crippen LogP) is -0.389. The van der Waals surface area contributed by atoms with Gasteiger partial charge >= 0.3 is 12.2 Å². The monoisotopic (exact) mass is 226 g/mol. The fourth-order valence-electron chi connectivity index (χ4n) is 0.849. The van der Waals surface area contributed by atoms with E-state index >= 15 is 0 Å². The Kier molecular flexibility index (Phi) is 4.07. The number of carbonyl (C=O) groups is 2. The standard InChI is InChI=1S/C8H10N4O4/c9-11-7(13)15-5-1-2-6(4-3-5)16-8(14)12-10/h1-4H,9-10H2,(H,11,13)(H,12,14). The highest BCUT2D eigenvalue weighted by molar-refractivity contribution is 5.70. The van der Waals surface area contributed by atoms with Gasteiger partial charge in [-0.05, 0) is 24.3 Å². The van der Waals surface area contributed by atoms with Crippen molar-refractivity contribution in [3.8, 4) is 11.5 Å². The van der Waals surface area contributed by atoms with Gasteiger partial charge in [-0.1, -0.05) is 0 Å². The van der Waals surface area contributed by atoms with E-state index in [0.29, 0.717) is 0 Å². The van der Waals surface area contributed by atoms with Crippen LogP contribution in [0.4, 0.5) is 9.59 Å². The third-order valence-corrected chi connectivity index (χ3v) is 1.48. The van der Waals surface area contributed by atoms with Crippen LogP contribution in [0, 0.1) is 0 Å². The van der Waals surface area contributed by atoms with Gasteiger partial charge in [-0.25, -0.2) is 21.3 Å². The summed E-state index contributed by atoms with van der Waals surface area (Å²) in [5.41, 5.74) is 3.59. The van der Waals surface area contributed by atoms with Crippen molar-refractivity contribution in [2.75, 3.05) is 0 Å². The van der Waals surface area contributed by atoms with Gasteiger partial charge in [0, 0.05) is 0 Å². The normalized spacial score (nSPS) is 9.12. The molecule has 1 aromatic rings. The molecule has 8 nitrogen and oxygen atoms in total. The van der Waals surface area contributed by atoms with Crippen LogP contribution in [0.5, 0.6) is 11.5 Å². The van der Waals surface area contributed by atoms with Crippen LogP contribution in [0.15, 0.2) is 24.3 Å². The molecule has 0 aliphatic rings. The summed E-state index contributed by atoms with van der Waals surface area (Å²) in [6, 6.07) is 5.70. The molecule has 0 heterocycles. The summed E-state index contributed by atoms with van der Waals surface area (Å²) in [6.07, 6.45) is -1.60. The summed E-state index contributed by atoms with van der Waals surface area (Å²) >= 11 is 0. The summed E-state index contributed by atoms with van der Waals surface area (Å²) in [5.74, 6) is 10.1. The molecule has 0 aliphatic heterocycles. The Bertz CT molecular complexity index is 341. The number of rotatable bonds is 2. The largest absolute Gasteiger partial charge is 0.426 e. The van der Waals surface area contributed by atoms with Gasteiger partial charge < -0.3 is 9.47 Å². The Balaban J connectivity index is 2.60. The van der Waals surface area contributed by atoms with E-state index in [1.807, 2.05) is 0 Å². The molecule has 86 valence electrons. The average molecular weight is 226 g/mol. The van der Waals surface area contributed by atoms with E-state index in [4.69, 9.17) is 21.2 Å². The van der Waals surface area contributed by atoms with Gasteiger partial charge in [-0.3, -0.25) is 10.9 Å². The minimum absolute atomic E-state index is 0.253. The van der Waals surface area contributed by atoms with E-state index in [1.54, 1.807) is 10.9 Å². The Morgan fingerprint density at radius 1 is 0.875 bits per heavy atom. The molecular formula is C8H10N4O4. The third-order valence-electron chi connectivity index (χ3n) is 1.48. The molecule has 1 rings (SSSR count). The van der Waals surface area contributed by atoms with Gasteiger partial charge in [0.1, 0.15) is 11.5 Å². The Hall–Kier alpha value is -2.32. The van der Waals surface area contributed by atoms with Crippen molar-refractivity contribution in [1.82, 2.24) is 10.9 Å². The molecule has 1 aromatic carbocycles. The summed E-state index contributed by atoms with van der Waals surface area (Å²) < 4.78 is 9.39. The summed E-state index contributed by atoms with van der Waals surface area (Å²) in [4.78, 5) is 21.4. The molecule has 0 saturated carbocycles. The highest BCUT2D eigenvalue weighted by atomic mass is 16.6. The lowest BCUT2D eigenvalue weighted by molar-refractivity contribution is 0.198. The van der Waals surface area contributed by atoms with Gasteiger partial charge in [-0.2, -0.15) is 0 Å². The van der Waals surface area contributed by atoms with Crippen LogP contribution >= 0.6 is 0 Å². The van der Waals surface area contributed by atoms with E-state index in [0.717, 1.165) is 0 Å². The molecule has 8 heteroatoms. The summed E-state index contributed by atoms with van der Waals surface area (Å²) in [7, 11) is 0. The van der Waals surface area contributed by atoms with Crippen molar-refractivity contribution in [1.29, 1.82) is 0 Å². The molecule has 0 unspecified atom stereocenters. The van der Waals surface area contributed by atoms with Gasteiger partial charge in [0.25, 0.3) is 0 Å². The van der Waals surface area contributed by atoms with Crippen molar-refractivity contribution < 1.29 is 19.1 Å². The van der Waals surface area contributed by atoms with Crippen molar-refractivity contribution in [3.63, 3.8) is 0 Å². The maximum Gasteiger partial charge on any atom is 0.426 e. The summed E-state index contributed by atoms with van der Waals surface area (Å²) in [6.45, 7) is 0. The van der Waals surface area contributed by atoms with Crippen molar-refractivity contribution in [2.24, 2.45) is 11.7 Å². The lowest BCUT2D eigenvalue weighted by Gasteiger charge is -2.05. The van der Waals surface area contributed by atoms with Crippen molar-refractivity contribution in [2.45, 2.75) is 0 Å². The van der Waals surface area contributed by atoms with Crippen LogP contribution < -0.4 is 32.0 Å². The van der Waals surface area contributed by atoms with Crippen LogP contribution in [-0.2, 0) is 0 Å². The number of carbonyl (C=O) groups excluding carboxylic acids is 2. The molecule has 0 atom stereocenters. The highest BCUT2D eigenvalue weighted by Gasteiger charge is 2.04. The molecule has 0 saturated heterocycles. The molecule has 16 heavy (non-hydrogen) atoms. The van der Waals surface area contributed by atoms with E-state index in [9.17, 15) is 9.59 Å². The third kappa shape index (κ3) is 3.44. The van der Waals surface area contributed by atoms with Crippen molar-refractivity contribution in [3.05, 3.63) is 24.3 Å². The van der Waals surface area contributed by atoms with Gasteiger partial charge in [0.2, 0.25) is 0 Å². The first-order valence-electron chi connectivity index (χ1n) is 4.12. The van der Waals surface area contributed by atoms with E-state index in [-0.39, 0.29) is 11.5 Å². The Labute approximate surface area is 90.4 Å². The first-order chi connectivity index (χ1) is 7.65. The fourth-order valence-corrected chi connectivity index (χ4v) is 0.849. The van der Waals surface area contributed by atoms with Gasteiger partial charge in [0.15, 0.2) is 0 Å². The first-order valence-corrected chi connectivity index (χ1v) is 4.12. The molecule has 0 fully saturated rings. The first kappa shape index (κ1) is 11.8. The molecule has 6 N–H and O–H groups in total. The molecule has 2 amide bonds. The number of nitrogens with one attached hydrogen (secondary N) is 2. The number of hydrogen-bond donors (Lipinski definition) is 4. The van der Waals surface area contributed by atoms with E-state index < -0.39 is 12.2 Å². The zero-order valence-electron chi connectivity index (χ0n) is 8.10. The maximum absolute atomic E-state index is 10.7. The Morgan fingerprint density at radius 3 is 1.44 bits per heavy atom. The van der Waals surface area contributed by atoms with Crippen LogP contribution in [0.25, 0.3) is 0 Å². The quantitative estimate of drug-likeness (QED) is 0.309. The zero-order chi connectivity index (χ0) is 12.0. The SMILES string of the molecule is NNC(=O)Oc1ccc(OC(=O)NN)cc1. The van der Waals surface area contributed by atoms with Crippen LogP contribution in [0.1, 0.15) is 0 Å².